The van der Waals surface area contributed by atoms with E-state index in [0.29, 0.717) is 16.9 Å². The summed E-state index contributed by atoms with van der Waals surface area (Å²) >= 11 is 5.01. The van der Waals surface area contributed by atoms with Crippen LogP contribution in [0.1, 0.15) is 5.56 Å². The minimum Gasteiger partial charge on any atom is -0.459 e. The number of thioether (sulfide) groups is 1. The highest BCUT2D eigenvalue weighted by Crippen LogP contribution is 2.28. The van der Waals surface area contributed by atoms with Gasteiger partial charge >= 0.3 is 0 Å². The second kappa shape index (κ2) is 5.63. The van der Waals surface area contributed by atoms with Crippen molar-refractivity contribution in [3.63, 3.8) is 0 Å². The largest absolute Gasteiger partial charge is 0.459 e. The van der Waals surface area contributed by atoms with Crippen LogP contribution in [0, 0.1) is 0 Å². The predicted molar refractivity (Wildman–Crippen MR) is 75.7 cm³/mol. The third-order valence-corrected chi connectivity index (χ3v) is 4.09. The average Bonchev–Trinajstić information content (AvgIpc) is 3.09. The second-order valence-corrected chi connectivity index (χ2v) is 5.51. The molecular formula is C13H9BrN2O2S. The minimum atomic E-state index is 0.402. The molecule has 4 nitrogen and oxygen atoms in total. The molecule has 0 aliphatic rings. The molecule has 0 aliphatic carbocycles. The normalized spacial score (nSPS) is 10.8. The summed E-state index contributed by atoms with van der Waals surface area (Å²) in [6, 6.07) is 11.6. The molecule has 3 rings (SSSR count). The Labute approximate surface area is 122 Å². The molecule has 2 aromatic heterocycles. The summed E-state index contributed by atoms with van der Waals surface area (Å²) in [4.78, 5) is 0. The van der Waals surface area contributed by atoms with Crippen molar-refractivity contribution in [1.29, 1.82) is 0 Å². The third kappa shape index (κ3) is 2.90. The maximum Gasteiger partial charge on any atom is 0.284 e. The number of hydrogen-bond donors (Lipinski definition) is 0. The molecule has 0 fully saturated rings. The zero-order valence-corrected chi connectivity index (χ0v) is 12.1. The van der Waals surface area contributed by atoms with E-state index in [9.17, 15) is 0 Å². The quantitative estimate of drug-likeness (QED) is 0.661. The van der Waals surface area contributed by atoms with Crippen LogP contribution >= 0.6 is 27.7 Å². The van der Waals surface area contributed by atoms with E-state index >= 15 is 0 Å². The monoisotopic (exact) mass is 336 g/mol. The van der Waals surface area contributed by atoms with Crippen molar-refractivity contribution < 1.29 is 8.83 Å². The summed E-state index contributed by atoms with van der Waals surface area (Å²) in [6.07, 6.45) is 1.58. The van der Waals surface area contributed by atoms with E-state index in [1.54, 1.807) is 18.4 Å². The molecule has 0 radical (unpaired) electrons. The maximum atomic E-state index is 5.52. The number of furan rings is 1. The fraction of sp³-hybridized carbons (Fsp3) is 0.0769. The lowest BCUT2D eigenvalue weighted by Gasteiger charge is -2.00. The van der Waals surface area contributed by atoms with Gasteiger partial charge in [-0.15, -0.1) is 10.2 Å². The van der Waals surface area contributed by atoms with E-state index in [-0.39, 0.29) is 0 Å². The summed E-state index contributed by atoms with van der Waals surface area (Å²) in [5, 5.41) is 8.47. The van der Waals surface area contributed by atoms with Gasteiger partial charge in [-0.2, -0.15) is 0 Å². The Bertz CT molecular complexity index is 667. The molecular weight excluding hydrogens is 328 g/mol. The summed E-state index contributed by atoms with van der Waals surface area (Å²) < 4.78 is 11.8. The van der Waals surface area contributed by atoms with Crippen molar-refractivity contribution in [2.24, 2.45) is 0 Å². The number of benzene rings is 1. The zero-order valence-electron chi connectivity index (χ0n) is 9.75. The fourth-order valence-electron chi connectivity index (χ4n) is 1.52. The van der Waals surface area contributed by atoms with Crippen molar-refractivity contribution in [2.45, 2.75) is 11.0 Å². The average molecular weight is 337 g/mol. The second-order valence-electron chi connectivity index (χ2n) is 3.73. The van der Waals surface area contributed by atoms with E-state index in [4.69, 9.17) is 8.83 Å². The van der Waals surface area contributed by atoms with Gasteiger partial charge in [0, 0.05) is 10.2 Å². The zero-order chi connectivity index (χ0) is 13.1. The molecule has 3 aromatic rings. The Morgan fingerprint density at radius 1 is 1.11 bits per heavy atom. The lowest BCUT2D eigenvalue weighted by atomic mass is 10.2. The number of rotatable bonds is 4. The number of nitrogens with zero attached hydrogens (tertiary/aromatic N) is 2. The molecule has 0 spiro atoms. The third-order valence-electron chi connectivity index (χ3n) is 2.45. The lowest BCUT2D eigenvalue weighted by Crippen LogP contribution is -1.82. The fourth-order valence-corrected chi connectivity index (χ4v) is 2.90. The molecule has 0 aliphatic heterocycles. The van der Waals surface area contributed by atoms with Gasteiger partial charge in [0.25, 0.3) is 11.1 Å². The van der Waals surface area contributed by atoms with Crippen LogP contribution in [0.4, 0.5) is 0 Å². The first kappa shape index (κ1) is 12.5. The van der Waals surface area contributed by atoms with Crippen LogP contribution in [-0.2, 0) is 5.75 Å². The van der Waals surface area contributed by atoms with Gasteiger partial charge < -0.3 is 8.83 Å². The number of halogens is 1. The molecule has 6 heteroatoms. The lowest BCUT2D eigenvalue weighted by molar-refractivity contribution is 0.447. The highest BCUT2D eigenvalue weighted by molar-refractivity contribution is 9.10. The van der Waals surface area contributed by atoms with Crippen LogP contribution in [0.25, 0.3) is 11.7 Å². The Morgan fingerprint density at radius 3 is 2.79 bits per heavy atom. The number of aromatic nitrogens is 2. The molecule has 0 saturated carbocycles. The summed E-state index contributed by atoms with van der Waals surface area (Å²) in [7, 11) is 0. The SMILES string of the molecule is Brc1ccccc1CSc1nnc(-c2ccco2)o1. The van der Waals surface area contributed by atoms with Crippen LogP contribution in [0.15, 0.2) is 61.2 Å². The van der Waals surface area contributed by atoms with E-state index in [0.717, 1.165) is 10.2 Å². The smallest absolute Gasteiger partial charge is 0.284 e. The predicted octanol–water partition coefficient (Wildman–Crippen LogP) is 4.38. The Kier molecular flexibility index (Phi) is 3.70. The standard InChI is InChI=1S/C13H9BrN2O2S/c14-10-5-2-1-4-9(10)8-19-13-16-15-12(18-13)11-6-3-7-17-11/h1-7H,8H2. The van der Waals surface area contributed by atoms with Crippen molar-refractivity contribution in [1.82, 2.24) is 10.2 Å². The molecule has 0 atom stereocenters. The van der Waals surface area contributed by atoms with Crippen LogP contribution in [0.3, 0.4) is 0 Å². The first-order valence-electron chi connectivity index (χ1n) is 5.56. The van der Waals surface area contributed by atoms with E-state index in [1.165, 1.54) is 17.3 Å². The van der Waals surface area contributed by atoms with Crippen molar-refractivity contribution in [3.05, 3.63) is 52.7 Å². The first-order chi connectivity index (χ1) is 9.33. The van der Waals surface area contributed by atoms with Gasteiger partial charge in [-0.25, -0.2) is 0 Å². The van der Waals surface area contributed by atoms with Crippen LogP contribution < -0.4 is 0 Å². The van der Waals surface area contributed by atoms with Gasteiger partial charge in [-0.1, -0.05) is 45.9 Å². The molecule has 0 N–H and O–H groups in total. The van der Waals surface area contributed by atoms with Gasteiger partial charge in [0.15, 0.2) is 5.76 Å². The van der Waals surface area contributed by atoms with Gasteiger partial charge in [-0.05, 0) is 23.8 Å². The summed E-state index contributed by atoms with van der Waals surface area (Å²) in [6.45, 7) is 0. The molecule has 2 heterocycles. The summed E-state index contributed by atoms with van der Waals surface area (Å²) in [5.74, 6) is 1.75. The first-order valence-corrected chi connectivity index (χ1v) is 7.34. The Morgan fingerprint density at radius 2 is 2.00 bits per heavy atom. The van der Waals surface area contributed by atoms with E-state index in [2.05, 4.69) is 32.2 Å². The number of hydrogen-bond acceptors (Lipinski definition) is 5. The molecule has 96 valence electrons. The van der Waals surface area contributed by atoms with Crippen LogP contribution in [-0.4, -0.2) is 10.2 Å². The maximum absolute atomic E-state index is 5.52. The summed E-state index contributed by atoms with van der Waals surface area (Å²) in [5.41, 5.74) is 1.19. The molecule has 19 heavy (non-hydrogen) atoms. The Hall–Kier alpha value is -1.53. The van der Waals surface area contributed by atoms with Crippen molar-refractivity contribution in [3.8, 4) is 11.7 Å². The topological polar surface area (TPSA) is 52.1 Å². The molecule has 1 aromatic carbocycles. The van der Waals surface area contributed by atoms with Gasteiger partial charge in [-0.3, -0.25) is 0 Å². The Balaban J connectivity index is 1.70. The molecule has 0 amide bonds. The minimum absolute atomic E-state index is 0.402. The van der Waals surface area contributed by atoms with Crippen LogP contribution in [0.2, 0.25) is 0 Å². The van der Waals surface area contributed by atoms with Crippen molar-refractivity contribution >= 4 is 27.7 Å². The van der Waals surface area contributed by atoms with E-state index in [1.807, 2.05) is 18.2 Å². The van der Waals surface area contributed by atoms with Gasteiger partial charge in [0.1, 0.15) is 0 Å². The van der Waals surface area contributed by atoms with Crippen molar-refractivity contribution in [2.75, 3.05) is 0 Å². The van der Waals surface area contributed by atoms with Gasteiger partial charge in [0.05, 0.1) is 6.26 Å². The van der Waals surface area contributed by atoms with E-state index < -0.39 is 0 Å². The molecule has 0 unspecified atom stereocenters. The van der Waals surface area contributed by atoms with Gasteiger partial charge in [0.2, 0.25) is 0 Å². The van der Waals surface area contributed by atoms with Crippen LogP contribution in [0.5, 0.6) is 0 Å². The molecule has 0 saturated heterocycles. The molecule has 0 bridgehead atoms. The highest BCUT2D eigenvalue weighted by Gasteiger charge is 2.11. The highest BCUT2D eigenvalue weighted by atomic mass is 79.9.